The third-order valence-corrected chi connectivity index (χ3v) is 7.32. The van der Waals surface area contributed by atoms with E-state index in [0.717, 1.165) is 16.3 Å². The van der Waals surface area contributed by atoms with Gasteiger partial charge in [0.2, 0.25) is 0 Å². The van der Waals surface area contributed by atoms with E-state index < -0.39 is 0 Å². The van der Waals surface area contributed by atoms with Crippen LogP contribution in [0.15, 0.2) is 36.8 Å². The molecule has 4 aromatic heterocycles. The van der Waals surface area contributed by atoms with Crippen LogP contribution in [0, 0.1) is 13.8 Å². The minimum absolute atomic E-state index is 0.188. The molecule has 0 fully saturated rings. The lowest BCUT2D eigenvalue weighted by Gasteiger charge is -2.16. The van der Waals surface area contributed by atoms with Gasteiger partial charge in [-0.1, -0.05) is 34.5 Å². The molecule has 9 nitrogen and oxygen atoms in total. The number of anilines is 1. The number of aromatic nitrogens is 4. The Morgan fingerprint density at radius 3 is 2.49 bits per heavy atom. The molecule has 0 saturated carbocycles. The number of hydrogen-bond donors (Lipinski definition) is 1. The average Bonchev–Trinajstić information content (AvgIpc) is 3.43. The van der Waals surface area contributed by atoms with Gasteiger partial charge in [-0.25, -0.2) is 9.97 Å². The number of thiazole rings is 1. The predicted octanol–water partition coefficient (Wildman–Crippen LogP) is 5.34. The Balaban J connectivity index is 1.36. The first kappa shape index (κ1) is 25.1. The van der Waals surface area contributed by atoms with Gasteiger partial charge in [-0.15, -0.1) is 0 Å². The van der Waals surface area contributed by atoms with Crippen LogP contribution in [0.5, 0.6) is 5.75 Å². The molecule has 1 N–H and O–H groups in total. The van der Waals surface area contributed by atoms with Gasteiger partial charge in [-0.05, 0) is 32.0 Å². The van der Waals surface area contributed by atoms with Crippen LogP contribution in [0.2, 0.25) is 10.2 Å². The number of rotatable bonds is 5. The minimum Gasteiger partial charge on any atom is -0.494 e. The summed E-state index contributed by atoms with van der Waals surface area (Å²) < 4.78 is 5.44. The molecule has 0 unspecified atom stereocenters. The van der Waals surface area contributed by atoms with Crippen LogP contribution in [0.3, 0.4) is 0 Å². The fourth-order valence-corrected chi connectivity index (χ4v) is 5.36. The molecule has 0 aliphatic carbocycles. The van der Waals surface area contributed by atoms with Crippen molar-refractivity contribution in [1.82, 2.24) is 24.8 Å². The van der Waals surface area contributed by atoms with Crippen molar-refractivity contribution in [2.45, 2.75) is 26.9 Å². The number of carbonyl (C=O) groups is 2. The molecule has 0 spiro atoms. The Hall–Kier alpha value is -3.60. The first-order chi connectivity index (χ1) is 17.7. The molecule has 0 saturated heterocycles. The Morgan fingerprint density at radius 2 is 1.73 bits per heavy atom. The summed E-state index contributed by atoms with van der Waals surface area (Å²) in [6.07, 6.45) is 4.50. The Bertz CT molecular complexity index is 1530. The molecule has 1 aliphatic heterocycles. The van der Waals surface area contributed by atoms with Gasteiger partial charge < -0.3 is 9.64 Å². The van der Waals surface area contributed by atoms with Crippen molar-refractivity contribution in [2.75, 3.05) is 12.4 Å². The summed E-state index contributed by atoms with van der Waals surface area (Å²) >= 11 is 13.6. The molecule has 4 aromatic rings. The number of nitrogens with zero attached hydrogens (tertiary/aromatic N) is 5. The van der Waals surface area contributed by atoms with Crippen LogP contribution in [0.4, 0.5) is 5.13 Å². The number of nitrogens with one attached hydrogen (secondary N) is 1. The van der Waals surface area contributed by atoms with E-state index in [2.05, 4.69) is 25.3 Å². The monoisotopic (exact) mass is 554 g/mol. The molecule has 1 aliphatic rings. The predicted molar refractivity (Wildman–Crippen MR) is 141 cm³/mol. The first-order valence-corrected chi connectivity index (χ1v) is 12.7. The summed E-state index contributed by atoms with van der Waals surface area (Å²) in [7, 11) is 1.52. The Labute approximate surface area is 226 Å². The van der Waals surface area contributed by atoms with E-state index in [1.807, 2.05) is 6.92 Å². The van der Waals surface area contributed by atoms with Gasteiger partial charge >= 0.3 is 0 Å². The molecule has 37 heavy (non-hydrogen) atoms. The van der Waals surface area contributed by atoms with Gasteiger partial charge in [0.15, 0.2) is 5.13 Å². The van der Waals surface area contributed by atoms with E-state index in [1.165, 1.54) is 37.0 Å². The number of fused-ring (bicyclic) bond motifs is 1. The average molecular weight is 555 g/mol. The van der Waals surface area contributed by atoms with E-state index in [-0.39, 0.29) is 17.0 Å². The zero-order valence-electron chi connectivity index (χ0n) is 20.0. The molecule has 0 atom stereocenters. The van der Waals surface area contributed by atoms with Crippen molar-refractivity contribution in [1.29, 1.82) is 0 Å². The lowest BCUT2D eigenvalue weighted by molar-refractivity contribution is 0.0750. The maximum atomic E-state index is 13.3. The van der Waals surface area contributed by atoms with Crippen LogP contribution in [-0.2, 0) is 13.1 Å². The molecule has 0 radical (unpaired) electrons. The summed E-state index contributed by atoms with van der Waals surface area (Å²) in [6.45, 7) is 4.34. The van der Waals surface area contributed by atoms with E-state index in [1.54, 1.807) is 30.0 Å². The van der Waals surface area contributed by atoms with Gasteiger partial charge in [0.05, 0.1) is 53.1 Å². The standard InChI is InChI=1S/C25H20Cl2N6O3S/c1-12-4-14(15-6-22(27)30-9-20(15)36-3)17(7-28-12)23(34)32-25-31-19-10-33(11-21(19)37-25)24(35)16-5-13(2)29-8-18(16)26/h4-9H,10-11H2,1-3H3,(H,31,32,34). The van der Waals surface area contributed by atoms with Crippen molar-refractivity contribution in [3.63, 3.8) is 0 Å². The number of halogens is 2. The summed E-state index contributed by atoms with van der Waals surface area (Å²) in [5.74, 6) is -0.0879. The fraction of sp³-hybridized carbons (Fsp3) is 0.200. The highest BCUT2D eigenvalue weighted by Crippen LogP contribution is 2.36. The second-order valence-corrected chi connectivity index (χ2v) is 10.3. The van der Waals surface area contributed by atoms with Crippen LogP contribution in [-0.4, -0.2) is 43.8 Å². The van der Waals surface area contributed by atoms with Gasteiger partial charge in [0.25, 0.3) is 11.8 Å². The number of carbonyl (C=O) groups excluding carboxylic acids is 2. The smallest absolute Gasteiger partial charge is 0.259 e. The zero-order valence-corrected chi connectivity index (χ0v) is 22.3. The molecule has 188 valence electrons. The van der Waals surface area contributed by atoms with Crippen LogP contribution in [0.1, 0.15) is 42.7 Å². The molecule has 2 amide bonds. The number of aryl methyl sites for hydroxylation is 2. The second kappa shape index (κ2) is 10.0. The summed E-state index contributed by atoms with van der Waals surface area (Å²) in [4.78, 5) is 45.9. The lowest BCUT2D eigenvalue weighted by Crippen LogP contribution is -2.26. The second-order valence-electron chi connectivity index (χ2n) is 8.39. The molecule has 5 heterocycles. The Morgan fingerprint density at radius 1 is 0.973 bits per heavy atom. The number of methoxy groups -OCH3 is 1. The largest absolute Gasteiger partial charge is 0.494 e. The normalized spacial score (nSPS) is 12.4. The van der Waals surface area contributed by atoms with Crippen LogP contribution >= 0.6 is 34.5 Å². The molecule has 0 aromatic carbocycles. The number of amides is 2. The SMILES string of the molecule is COc1cnc(Cl)cc1-c1cc(C)ncc1C(=O)Nc1nc2c(s1)CN(C(=O)c1cc(C)ncc1Cl)C2. The van der Waals surface area contributed by atoms with Crippen molar-refractivity contribution < 1.29 is 14.3 Å². The van der Waals surface area contributed by atoms with Crippen molar-refractivity contribution >= 4 is 51.5 Å². The zero-order chi connectivity index (χ0) is 26.3. The highest BCUT2D eigenvalue weighted by molar-refractivity contribution is 7.16. The highest BCUT2D eigenvalue weighted by Gasteiger charge is 2.30. The van der Waals surface area contributed by atoms with Crippen molar-refractivity contribution in [2.24, 2.45) is 0 Å². The van der Waals surface area contributed by atoms with Gasteiger partial charge in [-0.2, -0.15) is 0 Å². The maximum absolute atomic E-state index is 13.3. The number of hydrogen-bond acceptors (Lipinski definition) is 8. The van der Waals surface area contributed by atoms with Crippen LogP contribution < -0.4 is 10.1 Å². The third-order valence-electron chi connectivity index (χ3n) is 5.81. The number of ether oxygens (including phenoxy) is 1. The lowest BCUT2D eigenvalue weighted by atomic mass is 10.0. The van der Waals surface area contributed by atoms with E-state index in [0.29, 0.717) is 56.9 Å². The third kappa shape index (κ3) is 5.00. The quantitative estimate of drug-likeness (QED) is 0.331. The van der Waals surface area contributed by atoms with E-state index in [4.69, 9.17) is 27.9 Å². The van der Waals surface area contributed by atoms with Crippen molar-refractivity contribution in [3.8, 4) is 16.9 Å². The molecule has 0 bridgehead atoms. The summed E-state index contributed by atoms with van der Waals surface area (Å²) in [6, 6.07) is 5.11. The highest BCUT2D eigenvalue weighted by atomic mass is 35.5. The molecule has 5 rings (SSSR count). The maximum Gasteiger partial charge on any atom is 0.259 e. The van der Waals surface area contributed by atoms with Gasteiger partial charge in [0, 0.05) is 34.9 Å². The number of pyridine rings is 3. The van der Waals surface area contributed by atoms with Crippen molar-refractivity contribution in [3.05, 3.63) is 80.1 Å². The summed E-state index contributed by atoms with van der Waals surface area (Å²) in [5, 5.41) is 3.88. The Kier molecular flexibility index (Phi) is 6.80. The van der Waals surface area contributed by atoms with Crippen LogP contribution in [0.25, 0.3) is 11.1 Å². The minimum atomic E-state index is -0.378. The van der Waals surface area contributed by atoms with Gasteiger partial charge in [0.1, 0.15) is 10.9 Å². The molecular weight excluding hydrogens is 535 g/mol. The topological polar surface area (TPSA) is 110 Å². The van der Waals surface area contributed by atoms with E-state index >= 15 is 0 Å². The first-order valence-electron chi connectivity index (χ1n) is 11.1. The van der Waals surface area contributed by atoms with Gasteiger partial charge in [-0.3, -0.25) is 24.9 Å². The fourth-order valence-electron chi connectivity index (χ4n) is 4.03. The summed E-state index contributed by atoms with van der Waals surface area (Å²) in [5.41, 5.74) is 4.14. The molecule has 12 heteroatoms. The van der Waals surface area contributed by atoms with E-state index in [9.17, 15) is 9.59 Å². The molecular formula is C25H20Cl2N6O3S.